The molecule has 3 amide bonds. The molecule has 2 aromatic rings. The van der Waals surface area contributed by atoms with Crippen molar-refractivity contribution in [2.24, 2.45) is 5.73 Å². The van der Waals surface area contributed by atoms with E-state index >= 15 is 0 Å². The number of halogens is 2. The Morgan fingerprint density at radius 2 is 1.73 bits per heavy atom. The lowest BCUT2D eigenvalue weighted by molar-refractivity contribution is -0.127. The molecule has 0 heterocycles. The van der Waals surface area contributed by atoms with Gasteiger partial charge in [0.15, 0.2) is 6.10 Å². The number of anilines is 1. The van der Waals surface area contributed by atoms with E-state index in [-0.39, 0.29) is 11.9 Å². The third-order valence-electron chi connectivity index (χ3n) is 3.60. The largest absolute Gasteiger partial charge is 0.479 e. The van der Waals surface area contributed by atoms with Gasteiger partial charge < -0.3 is 21.1 Å². The van der Waals surface area contributed by atoms with Crippen molar-refractivity contribution in [3.63, 3.8) is 0 Å². The molecule has 2 rings (SSSR count). The van der Waals surface area contributed by atoms with Crippen LogP contribution in [0.4, 0.5) is 10.5 Å². The van der Waals surface area contributed by atoms with Crippen LogP contribution < -0.4 is 21.1 Å². The molecule has 0 saturated carbocycles. The molecule has 2 atom stereocenters. The number of carbonyl (C=O) groups is 2. The summed E-state index contributed by atoms with van der Waals surface area (Å²) >= 11 is 11.9. The smallest absolute Gasteiger partial charge is 0.316 e. The Bertz CT molecular complexity index is 797. The Kier molecular flexibility index (Phi) is 6.71. The van der Waals surface area contributed by atoms with Gasteiger partial charge in [-0.05, 0) is 49.7 Å². The Morgan fingerprint density at radius 1 is 1.08 bits per heavy atom. The first-order chi connectivity index (χ1) is 12.3. The van der Waals surface area contributed by atoms with E-state index in [0.29, 0.717) is 21.5 Å². The van der Waals surface area contributed by atoms with Gasteiger partial charge in [-0.2, -0.15) is 0 Å². The molecule has 8 heteroatoms. The average molecular weight is 396 g/mol. The third-order valence-corrected chi connectivity index (χ3v) is 4.13. The maximum Gasteiger partial charge on any atom is 0.316 e. The Morgan fingerprint density at radius 3 is 2.31 bits per heavy atom. The van der Waals surface area contributed by atoms with Crippen LogP contribution in [-0.4, -0.2) is 18.0 Å². The molecular formula is C18H19Cl2N3O3. The number of benzene rings is 2. The third kappa shape index (κ3) is 5.54. The molecule has 0 aliphatic carbocycles. The summed E-state index contributed by atoms with van der Waals surface area (Å²) in [5, 5.41) is 6.16. The Labute approximate surface area is 161 Å². The second-order valence-corrected chi connectivity index (χ2v) is 6.52. The van der Waals surface area contributed by atoms with Gasteiger partial charge >= 0.3 is 6.03 Å². The van der Waals surface area contributed by atoms with Gasteiger partial charge in [0.25, 0.3) is 5.91 Å². The first-order valence-corrected chi connectivity index (χ1v) is 8.60. The van der Waals surface area contributed by atoms with Crippen LogP contribution in [0.15, 0.2) is 42.5 Å². The number of primary amides is 1. The van der Waals surface area contributed by atoms with Crippen molar-refractivity contribution in [1.82, 2.24) is 5.32 Å². The van der Waals surface area contributed by atoms with Gasteiger partial charge in [-0.1, -0.05) is 35.3 Å². The lowest BCUT2D eigenvalue weighted by atomic mass is 10.1. The van der Waals surface area contributed by atoms with Crippen molar-refractivity contribution < 1.29 is 14.3 Å². The van der Waals surface area contributed by atoms with Crippen LogP contribution in [0, 0.1) is 0 Å². The molecule has 2 unspecified atom stereocenters. The summed E-state index contributed by atoms with van der Waals surface area (Å²) in [7, 11) is 0. The van der Waals surface area contributed by atoms with E-state index in [0.717, 1.165) is 5.56 Å². The molecule has 0 aromatic heterocycles. The minimum absolute atomic E-state index is 0.253. The molecule has 0 aliphatic rings. The van der Waals surface area contributed by atoms with Gasteiger partial charge in [-0.3, -0.25) is 4.79 Å². The summed E-state index contributed by atoms with van der Waals surface area (Å²) < 4.78 is 5.60. The minimum atomic E-state index is -0.744. The van der Waals surface area contributed by atoms with E-state index in [1.54, 1.807) is 49.4 Å². The summed E-state index contributed by atoms with van der Waals surface area (Å²) in [6.07, 6.45) is -0.744. The molecule has 4 N–H and O–H groups in total. The van der Waals surface area contributed by atoms with Crippen molar-refractivity contribution in [2.75, 3.05) is 5.32 Å². The van der Waals surface area contributed by atoms with Crippen LogP contribution in [0.25, 0.3) is 0 Å². The zero-order valence-corrected chi connectivity index (χ0v) is 15.8. The van der Waals surface area contributed by atoms with Crippen LogP contribution in [0.2, 0.25) is 10.0 Å². The number of nitrogens with two attached hydrogens (primary N) is 1. The molecular weight excluding hydrogens is 377 g/mol. The number of urea groups is 1. The van der Waals surface area contributed by atoms with Crippen molar-refractivity contribution in [1.29, 1.82) is 0 Å². The normalized spacial score (nSPS) is 12.8. The minimum Gasteiger partial charge on any atom is -0.479 e. The number of amides is 3. The van der Waals surface area contributed by atoms with Crippen LogP contribution in [-0.2, 0) is 4.79 Å². The van der Waals surface area contributed by atoms with Gasteiger partial charge in [0.05, 0.1) is 11.1 Å². The molecule has 6 nitrogen and oxygen atoms in total. The summed E-state index contributed by atoms with van der Waals surface area (Å²) in [4.78, 5) is 23.2. The number of carbonyl (C=O) groups excluding carboxylic acids is 2. The van der Waals surface area contributed by atoms with E-state index in [1.165, 1.54) is 0 Å². The van der Waals surface area contributed by atoms with E-state index in [4.69, 9.17) is 33.7 Å². The molecule has 0 aliphatic heterocycles. The topological polar surface area (TPSA) is 93.4 Å². The van der Waals surface area contributed by atoms with Crippen LogP contribution >= 0.6 is 23.2 Å². The van der Waals surface area contributed by atoms with Crippen LogP contribution in [0.1, 0.15) is 25.5 Å². The number of rotatable bonds is 6. The number of ether oxygens (including phenoxy) is 1. The maximum atomic E-state index is 12.3. The second kappa shape index (κ2) is 8.78. The van der Waals surface area contributed by atoms with Gasteiger partial charge in [0, 0.05) is 10.7 Å². The first-order valence-electron chi connectivity index (χ1n) is 7.84. The summed E-state index contributed by atoms with van der Waals surface area (Å²) in [5.41, 5.74) is 6.51. The van der Waals surface area contributed by atoms with E-state index in [9.17, 15) is 9.59 Å². The van der Waals surface area contributed by atoms with Gasteiger partial charge in [-0.25, -0.2) is 4.79 Å². The summed E-state index contributed by atoms with van der Waals surface area (Å²) in [6.45, 7) is 3.48. The fraction of sp³-hybridized carbons (Fsp3) is 0.222. The van der Waals surface area contributed by atoms with Gasteiger partial charge in [0.2, 0.25) is 0 Å². The van der Waals surface area contributed by atoms with E-state index in [2.05, 4.69) is 10.6 Å². The fourth-order valence-corrected chi connectivity index (χ4v) is 2.68. The lowest BCUT2D eigenvalue weighted by Gasteiger charge is -2.19. The van der Waals surface area contributed by atoms with Crippen molar-refractivity contribution >= 4 is 40.8 Å². The van der Waals surface area contributed by atoms with E-state index < -0.39 is 12.1 Å². The van der Waals surface area contributed by atoms with Crippen molar-refractivity contribution in [2.45, 2.75) is 26.0 Å². The van der Waals surface area contributed by atoms with Gasteiger partial charge in [0.1, 0.15) is 5.75 Å². The number of nitrogens with one attached hydrogen (secondary N) is 2. The van der Waals surface area contributed by atoms with Crippen molar-refractivity contribution in [3.8, 4) is 5.75 Å². The van der Waals surface area contributed by atoms with E-state index in [1.807, 2.05) is 6.92 Å². The highest BCUT2D eigenvalue weighted by molar-refractivity contribution is 6.35. The predicted octanol–water partition coefficient (Wildman–Crippen LogP) is 4.13. The summed E-state index contributed by atoms with van der Waals surface area (Å²) in [5.74, 6) is 0.0936. The highest BCUT2D eigenvalue weighted by Crippen LogP contribution is 2.28. The van der Waals surface area contributed by atoms with Crippen LogP contribution in [0.3, 0.4) is 0 Å². The monoisotopic (exact) mass is 395 g/mol. The standard InChI is InChI=1S/C18H19Cl2N3O3/c1-10(12-3-6-14(7-4-12)23-18(21)25)22-17(24)11(2)26-16-8-5-13(19)9-15(16)20/h3-11H,1-2H3,(H,22,24)(H3,21,23,25). The Balaban J connectivity index is 1.96. The predicted molar refractivity (Wildman–Crippen MR) is 103 cm³/mol. The fourth-order valence-electron chi connectivity index (χ4n) is 2.23. The molecule has 0 saturated heterocycles. The zero-order valence-electron chi connectivity index (χ0n) is 14.3. The highest BCUT2D eigenvalue weighted by atomic mass is 35.5. The SMILES string of the molecule is CC(Oc1ccc(Cl)cc1Cl)C(=O)NC(C)c1ccc(NC(N)=O)cc1. The quantitative estimate of drug-likeness (QED) is 0.686. The number of hydrogen-bond donors (Lipinski definition) is 3. The molecule has 138 valence electrons. The zero-order chi connectivity index (χ0) is 19.3. The maximum absolute atomic E-state index is 12.3. The molecule has 0 bridgehead atoms. The molecule has 0 fully saturated rings. The van der Waals surface area contributed by atoms with Crippen LogP contribution in [0.5, 0.6) is 5.75 Å². The summed E-state index contributed by atoms with van der Waals surface area (Å²) in [6, 6.07) is 10.9. The molecule has 0 radical (unpaired) electrons. The number of hydrogen-bond acceptors (Lipinski definition) is 3. The van der Waals surface area contributed by atoms with Crippen molar-refractivity contribution in [3.05, 3.63) is 58.1 Å². The molecule has 0 spiro atoms. The first kappa shape index (κ1) is 19.9. The highest BCUT2D eigenvalue weighted by Gasteiger charge is 2.19. The lowest BCUT2D eigenvalue weighted by Crippen LogP contribution is -2.37. The molecule has 2 aromatic carbocycles. The molecule has 26 heavy (non-hydrogen) atoms. The van der Waals surface area contributed by atoms with Gasteiger partial charge in [-0.15, -0.1) is 0 Å². The Hall–Kier alpha value is -2.44. The second-order valence-electron chi connectivity index (χ2n) is 5.68. The average Bonchev–Trinajstić information content (AvgIpc) is 2.57.